The highest BCUT2D eigenvalue weighted by Crippen LogP contribution is 2.44. The summed E-state index contributed by atoms with van der Waals surface area (Å²) in [5.74, 6) is 1.28. The molecule has 2 aliphatic rings. The lowest BCUT2D eigenvalue weighted by Gasteiger charge is -2.34. The lowest BCUT2D eigenvalue weighted by atomic mass is 9.75. The van der Waals surface area contributed by atoms with Crippen LogP contribution < -0.4 is 9.47 Å². The summed E-state index contributed by atoms with van der Waals surface area (Å²) in [6.07, 6.45) is 0. The number of fused-ring (bicyclic) bond motifs is 1. The van der Waals surface area contributed by atoms with Crippen LogP contribution in [0.25, 0.3) is 0 Å². The molecule has 0 radical (unpaired) electrons. The minimum atomic E-state index is -0.955. The maximum absolute atomic E-state index is 13.1. The molecule has 0 unspecified atom stereocenters. The van der Waals surface area contributed by atoms with E-state index in [1.165, 1.54) is 0 Å². The molecular weight excluding hydrogens is 292 g/mol. The Morgan fingerprint density at radius 2 is 1.96 bits per heavy atom. The Labute approximate surface area is 134 Å². The van der Waals surface area contributed by atoms with E-state index < -0.39 is 5.54 Å². The summed E-state index contributed by atoms with van der Waals surface area (Å²) >= 11 is 0. The van der Waals surface area contributed by atoms with E-state index in [0.717, 1.165) is 11.3 Å². The maximum Gasteiger partial charge on any atom is 0.200 e. The predicted octanol–water partition coefficient (Wildman–Crippen LogP) is 3.26. The number of benzene rings is 2. The summed E-state index contributed by atoms with van der Waals surface area (Å²) in [7, 11) is 1.63. The highest BCUT2D eigenvalue weighted by atomic mass is 16.5. The van der Waals surface area contributed by atoms with Gasteiger partial charge in [-0.1, -0.05) is 24.3 Å². The second-order valence-corrected chi connectivity index (χ2v) is 5.79. The van der Waals surface area contributed by atoms with Crippen molar-refractivity contribution in [2.24, 2.45) is 10.2 Å². The van der Waals surface area contributed by atoms with Crippen molar-refractivity contribution in [1.82, 2.24) is 0 Å². The number of methoxy groups -OCH3 is 1. The van der Waals surface area contributed by atoms with Crippen LogP contribution >= 0.6 is 0 Å². The summed E-state index contributed by atoms with van der Waals surface area (Å²) in [5.41, 5.74) is 0.647. The van der Waals surface area contributed by atoms with Gasteiger partial charge in [-0.05, 0) is 29.8 Å². The number of azo groups is 1. The number of ketones is 1. The van der Waals surface area contributed by atoms with Gasteiger partial charge in [-0.25, -0.2) is 0 Å². The van der Waals surface area contributed by atoms with Gasteiger partial charge < -0.3 is 9.47 Å². The van der Waals surface area contributed by atoms with Crippen LogP contribution in [0.1, 0.15) is 21.8 Å². The molecule has 0 saturated heterocycles. The van der Waals surface area contributed by atoms with Crippen LogP contribution in [0.15, 0.2) is 58.8 Å². The zero-order chi connectivity index (χ0) is 15.9. The highest BCUT2D eigenvalue weighted by molar-refractivity contribution is 6.07. The molecule has 5 nitrogen and oxygen atoms in total. The van der Waals surface area contributed by atoms with Crippen LogP contribution in [-0.2, 0) is 0 Å². The van der Waals surface area contributed by atoms with Gasteiger partial charge in [0.25, 0.3) is 0 Å². The number of carbonyl (C=O) groups excluding carboxylic acids is 1. The summed E-state index contributed by atoms with van der Waals surface area (Å²) in [6.45, 7) is 0.715. The Balaban J connectivity index is 1.74. The number of nitrogens with zero attached hydrogens (tertiary/aromatic N) is 2. The fraction of sp³-hybridized carbons (Fsp3) is 0.278. The lowest BCUT2D eigenvalue weighted by Crippen LogP contribution is -2.49. The maximum atomic E-state index is 13.1. The van der Waals surface area contributed by atoms with Gasteiger partial charge in [0.15, 0.2) is 11.3 Å². The molecule has 116 valence electrons. The highest BCUT2D eigenvalue weighted by Gasteiger charge is 2.53. The Hall–Kier alpha value is -2.69. The molecular formula is C18H16N2O3. The van der Waals surface area contributed by atoms with E-state index in [2.05, 4.69) is 10.2 Å². The first kappa shape index (κ1) is 13.9. The number of hydrogen-bond donors (Lipinski definition) is 0. The van der Waals surface area contributed by atoms with E-state index in [1.54, 1.807) is 13.2 Å². The third-order valence-electron chi connectivity index (χ3n) is 4.58. The molecule has 0 N–H and O–H groups in total. The molecule has 0 saturated carbocycles. The van der Waals surface area contributed by atoms with E-state index >= 15 is 0 Å². The topological polar surface area (TPSA) is 60.3 Å². The van der Waals surface area contributed by atoms with Gasteiger partial charge in [-0.3, -0.25) is 4.79 Å². The summed E-state index contributed by atoms with van der Waals surface area (Å²) in [5, 5.41) is 8.50. The van der Waals surface area contributed by atoms with Crippen LogP contribution in [0.5, 0.6) is 11.5 Å². The summed E-state index contributed by atoms with van der Waals surface area (Å²) in [4.78, 5) is 13.1. The number of Topliss-reactive ketones (excluding diaryl/α,β-unsaturated/α-hetero) is 1. The molecule has 0 aromatic heterocycles. The monoisotopic (exact) mass is 308 g/mol. The molecule has 2 heterocycles. The number of ether oxygens (including phenoxy) is 2. The number of carbonyl (C=O) groups is 1. The van der Waals surface area contributed by atoms with E-state index in [9.17, 15) is 4.79 Å². The average Bonchev–Trinajstić information content (AvgIpc) is 3.03. The number of para-hydroxylation sites is 1. The molecule has 0 bridgehead atoms. The molecule has 2 aromatic carbocycles. The van der Waals surface area contributed by atoms with Gasteiger partial charge in [0.05, 0.1) is 19.2 Å². The zero-order valence-electron chi connectivity index (χ0n) is 12.7. The van der Waals surface area contributed by atoms with Crippen molar-refractivity contribution in [2.45, 2.75) is 11.5 Å². The lowest BCUT2D eigenvalue weighted by molar-refractivity contribution is 0.0759. The molecule has 4 rings (SSSR count). The van der Waals surface area contributed by atoms with Crippen LogP contribution in [0, 0.1) is 0 Å². The fourth-order valence-corrected chi connectivity index (χ4v) is 3.29. The minimum absolute atomic E-state index is 0.0126. The van der Waals surface area contributed by atoms with Gasteiger partial charge in [0.1, 0.15) is 18.1 Å². The fourth-order valence-electron chi connectivity index (χ4n) is 3.29. The van der Waals surface area contributed by atoms with Crippen molar-refractivity contribution >= 4 is 5.78 Å². The molecule has 1 spiro atoms. The molecule has 0 aliphatic carbocycles. The van der Waals surface area contributed by atoms with Gasteiger partial charge in [0, 0.05) is 5.92 Å². The molecule has 2 aliphatic heterocycles. The van der Waals surface area contributed by atoms with E-state index in [4.69, 9.17) is 9.47 Å². The normalized spacial score (nSPS) is 25.3. The predicted molar refractivity (Wildman–Crippen MR) is 84.5 cm³/mol. The largest absolute Gasteiger partial charge is 0.497 e. The zero-order valence-corrected chi connectivity index (χ0v) is 12.7. The third-order valence-corrected chi connectivity index (χ3v) is 4.58. The van der Waals surface area contributed by atoms with Gasteiger partial charge in [-0.2, -0.15) is 10.2 Å². The Kier molecular flexibility index (Phi) is 3.15. The van der Waals surface area contributed by atoms with Crippen LogP contribution in [-0.4, -0.2) is 31.6 Å². The van der Waals surface area contributed by atoms with E-state index in [1.807, 2.05) is 42.5 Å². The van der Waals surface area contributed by atoms with Crippen molar-refractivity contribution in [3.05, 3.63) is 59.7 Å². The standard InChI is InChI=1S/C18H16N2O3/c1-22-13-8-6-12(7-9-13)15-10-19-20-18(15)11-23-16-5-3-2-4-14(16)17(18)21/h2-9,15H,10-11H2,1H3/t15-,18+/m0/s1. The van der Waals surface area contributed by atoms with Crippen molar-refractivity contribution < 1.29 is 14.3 Å². The Bertz CT molecular complexity index is 785. The van der Waals surface area contributed by atoms with Crippen molar-refractivity contribution in [1.29, 1.82) is 0 Å². The van der Waals surface area contributed by atoms with Crippen LogP contribution in [0.3, 0.4) is 0 Å². The first-order valence-corrected chi connectivity index (χ1v) is 7.54. The number of hydrogen-bond acceptors (Lipinski definition) is 5. The van der Waals surface area contributed by atoms with Crippen molar-refractivity contribution in [3.8, 4) is 11.5 Å². The van der Waals surface area contributed by atoms with Crippen molar-refractivity contribution in [2.75, 3.05) is 20.3 Å². The van der Waals surface area contributed by atoms with Crippen molar-refractivity contribution in [3.63, 3.8) is 0 Å². The first-order valence-electron chi connectivity index (χ1n) is 7.54. The molecule has 23 heavy (non-hydrogen) atoms. The van der Waals surface area contributed by atoms with Crippen LogP contribution in [0.2, 0.25) is 0 Å². The SMILES string of the molecule is COc1ccc([C@@H]2CN=N[C@]23COc2ccccc2C3=O)cc1. The Morgan fingerprint density at radius 3 is 2.74 bits per heavy atom. The molecule has 2 atom stereocenters. The minimum Gasteiger partial charge on any atom is -0.497 e. The van der Waals surface area contributed by atoms with Crippen LogP contribution in [0.4, 0.5) is 0 Å². The smallest absolute Gasteiger partial charge is 0.200 e. The Morgan fingerprint density at radius 1 is 1.17 bits per heavy atom. The summed E-state index contributed by atoms with van der Waals surface area (Å²) < 4.78 is 11.0. The average molecular weight is 308 g/mol. The molecule has 0 amide bonds. The first-order chi connectivity index (χ1) is 11.2. The number of rotatable bonds is 2. The second kappa shape index (κ2) is 5.19. The molecule has 5 heteroatoms. The quantitative estimate of drug-likeness (QED) is 0.855. The molecule has 2 aromatic rings. The second-order valence-electron chi connectivity index (χ2n) is 5.79. The third kappa shape index (κ3) is 2.04. The van der Waals surface area contributed by atoms with E-state index in [-0.39, 0.29) is 18.3 Å². The van der Waals surface area contributed by atoms with E-state index in [0.29, 0.717) is 17.9 Å². The summed E-state index contributed by atoms with van der Waals surface area (Å²) in [6, 6.07) is 15.0. The van der Waals surface area contributed by atoms with Gasteiger partial charge in [-0.15, -0.1) is 0 Å². The van der Waals surface area contributed by atoms with Gasteiger partial charge >= 0.3 is 0 Å². The molecule has 0 fully saturated rings. The van der Waals surface area contributed by atoms with Gasteiger partial charge in [0.2, 0.25) is 0 Å².